The van der Waals surface area contributed by atoms with E-state index in [1.54, 1.807) is 18.2 Å². The number of nitrogens with zero attached hydrogens (tertiary/aromatic N) is 5. The minimum absolute atomic E-state index is 0.0311. The summed E-state index contributed by atoms with van der Waals surface area (Å²) in [4.78, 5) is 30.4. The van der Waals surface area contributed by atoms with Crippen LogP contribution in [0.25, 0.3) is 27.2 Å². The van der Waals surface area contributed by atoms with E-state index in [0.29, 0.717) is 22.7 Å². The number of imidazole rings is 1. The van der Waals surface area contributed by atoms with Crippen molar-refractivity contribution >= 4 is 28.5 Å². The molecule has 0 bridgehead atoms. The molecule has 0 aliphatic carbocycles. The quantitative estimate of drug-likeness (QED) is 0.188. The number of rotatable bonds is 7. The molecule has 194 valence electrons. The number of nitrogens with one attached hydrogen (secondary N) is 1. The number of fused-ring (bicyclic) bond motifs is 1. The molecule has 0 atom stereocenters. The number of benzene rings is 3. The number of halogens is 3. The van der Waals surface area contributed by atoms with Crippen LogP contribution in [0.5, 0.6) is 11.5 Å². The molecule has 13 heteroatoms. The summed E-state index contributed by atoms with van der Waals surface area (Å²) in [6.07, 6.45) is -4.77. The fraction of sp³-hybridized carbons (Fsp3) is 0.160. The van der Waals surface area contributed by atoms with Crippen LogP contribution in [0.2, 0.25) is 0 Å². The summed E-state index contributed by atoms with van der Waals surface area (Å²) in [5, 5.41) is 5.66. The number of hydrogen-bond donors (Lipinski definition) is 1. The van der Waals surface area contributed by atoms with Gasteiger partial charge >= 0.3 is 6.18 Å². The van der Waals surface area contributed by atoms with Crippen LogP contribution in [-0.4, -0.2) is 35.6 Å². The Morgan fingerprint density at radius 2 is 1.74 bits per heavy atom. The van der Waals surface area contributed by atoms with Crippen molar-refractivity contribution in [3.63, 3.8) is 0 Å². The Morgan fingerprint density at radius 1 is 1.03 bits per heavy atom. The van der Waals surface area contributed by atoms with Crippen molar-refractivity contribution < 1.29 is 32.2 Å². The van der Waals surface area contributed by atoms with E-state index < -0.39 is 17.9 Å². The Balaban J connectivity index is 1.60. The Bertz CT molecular complexity index is 1570. The van der Waals surface area contributed by atoms with E-state index in [9.17, 15) is 22.8 Å². The Morgan fingerprint density at radius 3 is 2.37 bits per heavy atom. The number of anilines is 1. The predicted octanol–water partition coefficient (Wildman–Crippen LogP) is 5.69. The molecular weight excluding hydrogens is 505 g/mol. The lowest BCUT2D eigenvalue weighted by Gasteiger charge is -2.13. The molecular formula is C25H19F3N6O4. The van der Waals surface area contributed by atoms with Gasteiger partial charge in [-0.15, -0.1) is 0 Å². The molecule has 0 spiro atoms. The van der Waals surface area contributed by atoms with Crippen molar-refractivity contribution in [1.29, 1.82) is 0 Å². The lowest BCUT2D eigenvalue weighted by molar-refractivity contribution is -0.145. The zero-order chi connectivity index (χ0) is 27.4. The fourth-order valence-electron chi connectivity index (χ4n) is 3.84. The highest BCUT2D eigenvalue weighted by molar-refractivity contribution is 5.98. The highest BCUT2D eigenvalue weighted by Crippen LogP contribution is 2.34. The molecule has 4 rings (SSSR count). The molecule has 1 aromatic heterocycles. The van der Waals surface area contributed by atoms with Crippen LogP contribution >= 0.6 is 0 Å². The van der Waals surface area contributed by atoms with Gasteiger partial charge in [0.1, 0.15) is 0 Å². The van der Waals surface area contributed by atoms with Crippen molar-refractivity contribution in [3.8, 4) is 17.2 Å². The zero-order valence-corrected chi connectivity index (χ0v) is 20.0. The fourth-order valence-corrected chi connectivity index (χ4v) is 3.84. The molecule has 0 saturated carbocycles. The van der Waals surface area contributed by atoms with Gasteiger partial charge in [-0.2, -0.15) is 13.2 Å². The topological polar surface area (TPSA) is 131 Å². The number of hydrogen-bond acceptors (Lipinski definition) is 5. The van der Waals surface area contributed by atoms with Gasteiger partial charge in [0.25, 0.3) is 0 Å². The van der Waals surface area contributed by atoms with Crippen LogP contribution in [0.1, 0.15) is 21.7 Å². The second-order valence-corrected chi connectivity index (χ2v) is 7.93. The predicted molar refractivity (Wildman–Crippen MR) is 131 cm³/mol. The third-order valence-electron chi connectivity index (χ3n) is 5.51. The van der Waals surface area contributed by atoms with Crippen molar-refractivity contribution in [1.82, 2.24) is 9.55 Å². The minimum Gasteiger partial charge on any atom is -0.493 e. The van der Waals surface area contributed by atoms with Gasteiger partial charge in [-0.05, 0) is 70.8 Å². The maximum atomic E-state index is 13.8. The molecule has 1 N–H and O–H groups in total. The lowest BCUT2D eigenvalue weighted by Crippen LogP contribution is -2.15. The summed E-state index contributed by atoms with van der Waals surface area (Å²) in [6, 6.07) is 14.5. The molecule has 4 aromatic rings. The SMILES string of the molecule is COc1ccc(CC(=O)Nc2ccc(-n3c(C(F)(F)F)nc4cc(C(=O)N=[N+]=[N-])ccc43)cc2)cc1OC. The number of aromatic nitrogens is 2. The van der Waals surface area contributed by atoms with Crippen molar-refractivity contribution in [2.24, 2.45) is 5.11 Å². The highest BCUT2D eigenvalue weighted by Gasteiger charge is 2.38. The Hall–Kier alpha value is -5.03. The molecule has 0 aliphatic heterocycles. The highest BCUT2D eigenvalue weighted by atomic mass is 19.4. The number of carbonyl (C=O) groups is 2. The number of methoxy groups -OCH3 is 2. The first kappa shape index (κ1) is 26.0. The lowest BCUT2D eigenvalue weighted by atomic mass is 10.1. The number of amides is 2. The largest absolute Gasteiger partial charge is 0.493 e. The summed E-state index contributed by atoms with van der Waals surface area (Å²) in [7, 11) is 2.99. The molecule has 2 amide bonds. The molecule has 0 unspecified atom stereocenters. The number of alkyl halides is 3. The van der Waals surface area contributed by atoms with E-state index in [-0.39, 0.29) is 34.6 Å². The van der Waals surface area contributed by atoms with E-state index in [1.165, 1.54) is 50.6 Å². The van der Waals surface area contributed by atoms with Gasteiger partial charge in [0.2, 0.25) is 17.6 Å². The van der Waals surface area contributed by atoms with Crippen LogP contribution in [0.3, 0.4) is 0 Å². The second kappa shape index (κ2) is 10.5. The summed E-state index contributed by atoms with van der Waals surface area (Å²) >= 11 is 0. The van der Waals surface area contributed by atoms with Crippen LogP contribution in [0.15, 0.2) is 65.8 Å². The molecule has 38 heavy (non-hydrogen) atoms. The molecule has 0 saturated heterocycles. The first-order valence-electron chi connectivity index (χ1n) is 10.9. The minimum atomic E-state index is -4.81. The van der Waals surface area contributed by atoms with Crippen molar-refractivity contribution in [2.45, 2.75) is 12.6 Å². The number of azide groups is 1. The molecule has 0 fully saturated rings. The first-order chi connectivity index (χ1) is 18.1. The van der Waals surface area contributed by atoms with Gasteiger partial charge in [-0.3, -0.25) is 14.2 Å². The van der Waals surface area contributed by atoms with Gasteiger partial charge in [0, 0.05) is 21.8 Å². The molecule has 10 nitrogen and oxygen atoms in total. The van der Waals surface area contributed by atoms with Crippen molar-refractivity contribution in [2.75, 3.05) is 19.5 Å². The van der Waals surface area contributed by atoms with Gasteiger partial charge < -0.3 is 14.8 Å². The monoisotopic (exact) mass is 524 g/mol. The van der Waals surface area contributed by atoms with Gasteiger partial charge in [-0.25, -0.2) is 4.98 Å². The Kier molecular flexibility index (Phi) is 7.22. The normalized spacial score (nSPS) is 11.1. The van der Waals surface area contributed by atoms with Crippen LogP contribution in [-0.2, 0) is 17.4 Å². The Labute approximate surface area is 213 Å². The van der Waals surface area contributed by atoms with E-state index in [4.69, 9.17) is 15.0 Å². The molecule has 3 aromatic carbocycles. The average molecular weight is 524 g/mol. The summed E-state index contributed by atoms with van der Waals surface area (Å²) in [5.74, 6) is -1.48. The van der Waals surface area contributed by atoms with Crippen LogP contribution in [0.4, 0.5) is 18.9 Å². The van der Waals surface area contributed by atoms with E-state index in [2.05, 4.69) is 20.3 Å². The van der Waals surface area contributed by atoms with E-state index in [0.717, 1.165) is 10.6 Å². The average Bonchev–Trinajstić information content (AvgIpc) is 3.28. The van der Waals surface area contributed by atoms with Crippen molar-refractivity contribution in [3.05, 3.63) is 88.1 Å². The van der Waals surface area contributed by atoms with Crippen LogP contribution < -0.4 is 14.8 Å². The van der Waals surface area contributed by atoms with Crippen LogP contribution in [0, 0.1) is 0 Å². The van der Waals surface area contributed by atoms with Gasteiger partial charge in [0.15, 0.2) is 11.5 Å². The van der Waals surface area contributed by atoms with Gasteiger partial charge in [-0.1, -0.05) is 6.07 Å². The maximum absolute atomic E-state index is 13.8. The molecule has 1 heterocycles. The third-order valence-corrected chi connectivity index (χ3v) is 5.51. The first-order valence-corrected chi connectivity index (χ1v) is 10.9. The maximum Gasteiger partial charge on any atom is 0.450 e. The smallest absolute Gasteiger partial charge is 0.450 e. The summed E-state index contributed by atoms with van der Waals surface area (Å²) in [5.41, 5.74) is 9.50. The third kappa shape index (κ3) is 5.37. The van der Waals surface area contributed by atoms with E-state index >= 15 is 0 Å². The summed E-state index contributed by atoms with van der Waals surface area (Å²) in [6.45, 7) is 0. The van der Waals surface area contributed by atoms with Gasteiger partial charge in [0.05, 0.1) is 31.7 Å². The number of ether oxygens (including phenoxy) is 2. The van der Waals surface area contributed by atoms with E-state index in [1.807, 2.05) is 0 Å². The molecule has 0 aliphatic rings. The second-order valence-electron chi connectivity index (χ2n) is 7.93. The number of carbonyl (C=O) groups excluding carboxylic acids is 2. The summed E-state index contributed by atoms with van der Waals surface area (Å²) < 4.78 is 52.8. The zero-order valence-electron chi connectivity index (χ0n) is 20.0. The standard InChI is InChI=1S/C25H19F3N6O4/c1-37-20-10-3-14(11-21(20)38-2)12-22(35)30-16-5-7-17(8-6-16)34-19-9-4-15(23(36)32-33-29)13-18(19)31-24(34)25(26,27)28/h3-11,13H,12H2,1-2H3,(H,30,35). The molecule has 0 radical (unpaired) electrons.